The molecule has 2 unspecified atom stereocenters. The molecular formula is C25H29F2N3O2. The minimum absolute atomic E-state index is 0.0523. The van der Waals surface area contributed by atoms with E-state index in [0.29, 0.717) is 30.8 Å². The Morgan fingerprint density at radius 1 is 1.28 bits per heavy atom. The number of ketones is 1. The summed E-state index contributed by atoms with van der Waals surface area (Å²) >= 11 is 0. The summed E-state index contributed by atoms with van der Waals surface area (Å²) in [6, 6.07) is 6.10. The summed E-state index contributed by atoms with van der Waals surface area (Å²) < 4.78 is 38.3. The number of Topliss-reactive ketones (excluding diaryl/α,β-unsaturated/α-hetero) is 1. The van der Waals surface area contributed by atoms with Crippen LogP contribution in [0.4, 0.5) is 8.78 Å². The van der Waals surface area contributed by atoms with Gasteiger partial charge in [0, 0.05) is 37.2 Å². The Kier molecular flexibility index (Phi) is 6.40. The van der Waals surface area contributed by atoms with Crippen molar-refractivity contribution in [1.82, 2.24) is 14.3 Å². The van der Waals surface area contributed by atoms with E-state index in [1.807, 2.05) is 43.6 Å². The van der Waals surface area contributed by atoms with Gasteiger partial charge < -0.3 is 14.0 Å². The molecule has 7 heteroatoms. The number of aryl methyl sites for hydroxylation is 1. The number of carbonyl (C=O) groups is 1. The molecule has 0 radical (unpaired) electrons. The lowest BCUT2D eigenvalue weighted by molar-refractivity contribution is -0.0190. The van der Waals surface area contributed by atoms with Crippen molar-refractivity contribution in [2.24, 2.45) is 5.92 Å². The highest BCUT2D eigenvalue weighted by Gasteiger charge is 2.27. The summed E-state index contributed by atoms with van der Waals surface area (Å²) in [7, 11) is 2.03. The third-order valence-electron chi connectivity index (χ3n) is 6.27. The lowest BCUT2D eigenvalue weighted by Crippen LogP contribution is -2.41. The predicted octanol–water partition coefficient (Wildman–Crippen LogP) is 4.69. The minimum Gasteiger partial charge on any atom is -0.375 e. The number of rotatable bonds is 6. The molecule has 2 aromatic heterocycles. The van der Waals surface area contributed by atoms with E-state index in [1.165, 1.54) is 0 Å². The summed E-state index contributed by atoms with van der Waals surface area (Å²) in [6.07, 6.45) is 2.84. The number of fused-ring (bicyclic) bond motifs is 1. The van der Waals surface area contributed by atoms with Gasteiger partial charge in [0.15, 0.2) is 5.78 Å². The zero-order chi connectivity index (χ0) is 23.0. The van der Waals surface area contributed by atoms with Gasteiger partial charge in [-0.05, 0) is 50.2 Å². The van der Waals surface area contributed by atoms with Gasteiger partial charge in [-0.2, -0.15) is 0 Å². The number of imidazole rings is 1. The van der Waals surface area contributed by atoms with E-state index in [2.05, 4.69) is 9.88 Å². The highest BCUT2D eigenvalue weighted by molar-refractivity contribution is 5.98. The van der Waals surface area contributed by atoms with E-state index in [0.717, 1.165) is 30.8 Å². The second-order valence-electron chi connectivity index (χ2n) is 8.79. The second kappa shape index (κ2) is 9.08. The maximum absolute atomic E-state index is 15.3. The van der Waals surface area contributed by atoms with E-state index in [4.69, 9.17) is 4.74 Å². The molecule has 32 heavy (non-hydrogen) atoms. The third kappa shape index (κ3) is 4.32. The average molecular weight is 442 g/mol. The van der Waals surface area contributed by atoms with Crippen molar-refractivity contribution < 1.29 is 18.3 Å². The lowest BCUT2D eigenvalue weighted by atomic mass is 9.95. The standard InChI is InChI=1S/C25H29F2N3O2/c1-5-16(3)25(31)17-11-19(26)23(20(27)12-17)24-21(13-18-14-29(4)8-9-32-18)30-7-6-15(2)10-22(30)28-24/h6-7,10-12,16,18H,5,8-9,13-14H2,1-4H3. The molecule has 1 aliphatic heterocycles. The smallest absolute Gasteiger partial charge is 0.165 e. The molecule has 3 aromatic rings. The van der Waals surface area contributed by atoms with Gasteiger partial charge >= 0.3 is 0 Å². The highest BCUT2D eigenvalue weighted by atomic mass is 19.1. The normalized spacial score (nSPS) is 18.2. The molecule has 1 aliphatic rings. The van der Waals surface area contributed by atoms with Crippen molar-refractivity contribution in [2.45, 2.75) is 39.7 Å². The Morgan fingerprint density at radius 2 is 2.00 bits per heavy atom. The Balaban J connectivity index is 1.82. The SMILES string of the molecule is CCC(C)C(=O)c1cc(F)c(-c2nc3cc(C)ccn3c2CC2CN(C)CCO2)c(F)c1. The fourth-order valence-corrected chi connectivity index (χ4v) is 4.21. The van der Waals surface area contributed by atoms with Crippen molar-refractivity contribution >= 4 is 11.4 Å². The summed E-state index contributed by atoms with van der Waals surface area (Å²) in [6.45, 7) is 7.77. The summed E-state index contributed by atoms with van der Waals surface area (Å²) in [5.41, 5.74) is 2.43. The van der Waals surface area contributed by atoms with Crippen molar-refractivity contribution in [3.05, 3.63) is 58.9 Å². The highest BCUT2D eigenvalue weighted by Crippen LogP contribution is 2.32. The number of halogens is 2. The number of morpholine rings is 1. The molecule has 1 fully saturated rings. The Labute approximate surface area is 187 Å². The largest absolute Gasteiger partial charge is 0.375 e. The Hall–Kier alpha value is -2.64. The summed E-state index contributed by atoms with van der Waals surface area (Å²) in [5.74, 6) is -2.12. The molecule has 170 valence electrons. The topological polar surface area (TPSA) is 46.8 Å². The first-order valence-corrected chi connectivity index (χ1v) is 11.1. The van der Waals surface area contributed by atoms with Crippen molar-refractivity contribution in [2.75, 3.05) is 26.7 Å². The number of hydrogen-bond donors (Lipinski definition) is 0. The number of pyridine rings is 1. The quantitative estimate of drug-likeness (QED) is 0.521. The van der Waals surface area contributed by atoms with E-state index in [-0.39, 0.29) is 34.6 Å². The molecule has 3 heterocycles. The van der Waals surface area contributed by atoms with Gasteiger partial charge in [-0.1, -0.05) is 13.8 Å². The fourth-order valence-electron chi connectivity index (χ4n) is 4.21. The molecule has 2 atom stereocenters. The molecule has 1 saturated heterocycles. The summed E-state index contributed by atoms with van der Waals surface area (Å²) in [4.78, 5) is 19.3. The van der Waals surface area contributed by atoms with Gasteiger partial charge in [0.1, 0.15) is 17.3 Å². The molecule has 1 aromatic carbocycles. The van der Waals surface area contributed by atoms with Crippen LogP contribution in [0.1, 0.15) is 41.9 Å². The van der Waals surface area contributed by atoms with Gasteiger partial charge in [-0.15, -0.1) is 0 Å². The maximum Gasteiger partial charge on any atom is 0.165 e. The van der Waals surface area contributed by atoms with Crippen LogP contribution in [0.25, 0.3) is 16.9 Å². The van der Waals surface area contributed by atoms with Gasteiger partial charge in [0.05, 0.1) is 29.7 Å². The lowest BCUT2D eigenvalue weighted by Gasteiger charge is -2.30. The Morgan fingerprint density at radius 3 is 2.66 bits per heavy atom. The first kappa shape index (κ1) is 22.6. The number of likely N-dealkylation sites (N-methyl/N-ethyl adjacent to an activating group) is 1. The van der Waals surface area contributed by atoms with Crippen LogP contribution >= 0.6 is 0 Å². The molecule has 0 N–H and O–H groups in total. The van der Waals surface area contributed by atoms with Gasteiger partial charge in [0.2, 0.25) is 0 Å². The maximum atomic E-state index is 15.3. The van der Waals surface area contributed by atoms with E-state index < -0.39 is 11.6 Å². The van der Waals surface area contributed by atoms with Crippen LogP contribution in [-0.4, -0.2) is 52.9 Å². The van der Waals surface area contributed by atoms with Crippen molar-refractivity contribution in [1.29, 1.82) is 0 Å². The zero-order valence-corrected chi connectivity index (χ0v) is 19.0. The van der Waals surface area contributed by atoms with E-state index in [1.54, 1.807) is 6.92 Å². The fraction of sp³-hybridized carbons (Fsp3) is 0.440. The number of ether oxygens (including phenoxy) is 1. The number of nitrogens with zero attached hydrogens (tertiary/aromatic N) is 3. The van der Waals surface area contributed by atoms with Gasteiger partial charge in [-0.25, -0.2) is 13.8 Å². The minimum atomic E-state index is -0.778. The Bertz CT molecular complexity index is 1130. The number of aromatic nitrogens is 2. The van der Waals surface area contributed by atoms with Gasteiger partial charge in [0.25, 0.3) is 0 Å². The number of carbonyl (C=O) groups excluding carboxylic acids is 1. The van der Waals surface area contributed by atoms with Crippen LogP contribution in [-0.2, 0) is 11.2 Å². The van der Waals surface area contributed by atoms with Crippen LogP contribution in [0.15, 0.2) is 30.5 Å². The second-order valence-corrected chi connectivity index (χ2v) is 8.79. The predicted molar refractivity (Wildman–Crippen MR) is 120 cm³/mol. The van der Waals surface area contributed by atoms with E-state index >= 15 is 8.78 Å². The molecule has 0 saturated carbocycles. The van der Waals surface area contributed by atoms with Crippen LogP contribution in [0.2, 0.25) is 0 Å². The van der Waals surface area contributed by atoms with Crippen LogP contribution in [0.5, 0.6) is 0 Å². The monoisotopic (exact) mass is 441 g/mol. The molecule has 0 aliphatic carbocycles. The van der Waals surface area contributed by atoms with Crippen LogP contribution in [0, 0.1) is 24.5 Å². The van der Waals surface area contributed by atoms with Crippen LogP contribution in [0.3, 0.4) is 0 Å². The van der Waals surface area contributed by atoms with Crippen molar-refractivity contribution in [3.63, 3.8) is 0 Å². The number of hydrogen-bond acceptors (Lipinski definition) is 4. The molecule has 0 spiro atoms. The number of benzene rings is 1. The zero-order valence-electron chi connectivity index (χ0n) is 19.0. The molecule has 0 bridgehead atoms. The average Bonchev–Trinajstić information content (AvgIpc) is 3.08. The van der Waals surface area contributed by atoms with Gasteiger partial charge in [-0.3, -0.25) is 4.79 Å². The first-order valence-electron chi connectivity index (χ1n) is 11.1. The molecule has 5 nitrogen and oxygen atoms in total. The summed E-state index contributed by atoms with van der Waals surface area (Å²) in [5, 5.41) is 0. The molecule has 0 amide bonds. The first-order chi connectivity index (χ1) is 15.3. The van der Waals surface area contributed by atoms with E-state index in [9.17, 15) is 4.79 Å². The molecule has 4 rings (SSSR count). The molecular weight excluding hydrogens is 412 g/mol. The van der Waals surface area contributed by atoms with Crippen molar-refractivity contribution in [3.8, 4) is 11.3 Å². The third-order valence-corrected chi connectivity index (χ3v) is 6.27. The van der Waals surface area contributed by atoms with Crippen LogP contribution < -0.4 is 0 Å².